The second-order valence-corrected chi connectivity index (χ2v) is 4.35. The number of rotatable bonds is 2. The molecular weight excluding hydrogens is 300 g/mol. The van der Waals surface area contributed by atoms with Crippen molar-refractivity contribution in [3.8, 4) is 0 Å². The monoisotopic (exact) mass is 308 g/mol. The minimum Gasteiger partial charge on any atom is -0.398 e. The number of H-pyrrole nitrogens is 1. The number of carbonyl (C=O) groups is 1. The Morgan fingerprint density at radius 2 is 2.11 bits per heavy atom. The Balaban J connectivity index is 2.18. The Morgan fingerprint density at radius 3 is 2.72 bits per heavy atom. The fraction of sp³-hybridized carbons (Fsp3) is 0. The van der Waals surface area contributed by atoms with Gasteiger partial charge in [0.2, 0.25) is 0 Å². The number of aromatic nitrogens is 2. The van der Waals surface area contributed by atoms with Crippen LogP contribution in [0.15, 0.2) is 39.6 Å². The molecule has 1 aromatic heterocycles. The number of nitrogens with zero attached hydrogens (tertiary/aromatic N) is 1. The van der Waals surface area contributed by atoms with E-state index in [0.717, 1.165) is 0 Å². The first-order valence-electron chi connectivity index (χ1n) is 4.98. The molecule has 18 heavy (non-hydrogen) atoms. The number of halogens is 1. The topological polar surface area (TPSA) is 101 Å². The van der Waals surface area contributed by atoms with Crippen molar-refractivity contribution in [1.82, 2.24) is 10.2 Å². The van der Waals surface area contributed by atoms with Crippen LogP contribution in [-0.4, -0.2) is 16.1 Å². The first-order chi connectivity index (χ1) is 8.56. The maximum Gasteiger partial charge on any atom is 0.276 e. The molecule has 7 heteroatoms. The van der Waals surface area contributed by atoms with Crippen LogP contribution in [0.1, 0.15) is 10.5 Å². The Morgan fingerprint density at radius 1 is 1.33 bits per heavy atom. The Labute approximate surface area is 110 Å². The number of hydrogen-bond donors (Lipinski definition) is 3. The normalized spacial score (nSPS) is 10.1. The smallest absolute Gasteiger partial charge is 0.276 e. The van der Waals surface area contributed by atoms with Crippen molar-refractivity contribution >= 4 is 33.2 Å². The molecule has 2 rings (SSSR count). The second kappa shape index (κ2) is 5.01. The van der Waals surface area contributed by atoms with Gasteiger partial charge in [0.1, 0.15) is 5.69 Å². The van der Waals surface area contributed by atoms with Crippen molar-refractivity contribution < 1.29 is 4.79 Å². The first kappa shape index (κ1) is 12.3. The molecule has 1 aromatic carbocycles. The fourth-order valence-electron chi connectivity index (χ4n) is 1.27. The molecule has 0 radical (unpaired) electrons. The van der Waals surface area contributed by atoms with Gasteiger partial charge in [0, 0.05) is 21.9 Å². The largest absolute Gasteiger partial charge is 0.398 e. The Bertz CT molecular complexity index is 633. The third-order valence-electron chi connectivity index (χ3n) is 2.17. The van der Waals surface area contributed by atoms with E-state index in [2.05, 4.69) is 31.4 Å². The molecule has 1 heterocycles. The van der Waals surface area contributed by atoms with Gasteiger partial charge in [-0.25, -0.2) is 5.10 Å². The van der Waals surface area contributed by atoms with Gasteiger partial charge in [-0.2, -0.15) is 5.10 Å². The van der Waals surface area contributed by atoms with Gasteiger partial charge in [-0.15, -0.1) is 0 Å². The van der Waals surface area contributed by atoms with Crippen molar-refractivity contribution in [3.63, 3.8) is 0 Å². The van der Waals surface area contributed by atoms with Crippen molar-refractivity contribution in [1.29, 1.82) is 0 Å². The van der Waals surface area contributed by atoms with Gasteiger partial charge >= 0.3 is 0 Å². The molecule has 4 N–H and O–H groups in total. The molecule has 0 aliphatic carbocycles. The van der Waals surface area contributed by atoms with Gasteiger partial charge in [0.15, 0.2) is 0 Å². The second-order valence-electron chi connectivity index (χ2n) is 3.50. The van der Waals surface area contributed by atoms with Crippen LogP contribution in [0.4, 0.5) is 11.4 Å². The van der Waals surface area contributed by atoms with Crippen LogP contribution in [0, 0.1) is 0 Å². The number of benzene rings is 1. The lowest BCUT2D eigenvalue weighted by atomic mass is 10.2. The molecule has 0 fully saturated rings. The van der Waals surface area contributed by atoms with Gasteiger partial charge < -0.3 is 11.1 Å². The van der Waals surface area contributed by atoms with Crippen molar-refractivity contribution in [2.45, 2.75) is 0 Å². The third kappa shape index (κ3) is 2.75. The minimum atomic E-state index is -0.414. The molecular formula is C11H9BrN4O2. The van der Waals surface area contributed by atoms with Crippen LogP contribution < -0.4 is 16.6 Å². The highest BCUT2D eigenvalue weighted by atomic mass is 79.9. The maximum absolute atomic E-state index is 11.8. The van der Waals surface area contributed by atoms with Gasteiger partial charge in [-0.1, -0.05) is 0 Å². The van der Waals surface area contributed by atoms with E-state index in [4.69, 9.17) is 5.73 Å². The fourth-order valence-corrected chi connectivity index (χ4v) is 1.65. The van der Waals surface area contributed by atoms with Crippen LogP contribution in [0.25, 0.3) is 0 Å². The van der Waals surface area contributed by atoms with E-state index in [1.54, 1.807) is 18.2 Å². The number of hydrogen-bond acceptors (Lipinski definition) is 4. The molecule has 1 amide bonds. The zero-order valence-electron chi connectivity index (χ0n) is 9.11. The summed E-state index contributed by atoms with van der Waals surface area (Å²) in [6.07, 6.45) is 0. The summed E-state index contributed by atoms with van der Waals surface area (Å²) in [5, 5.41) is 8.46. The standard InChI is InChI=1S/C11H9BrN4O2/c12-7-5-6(1-2-8(7)13)14-11(18)9-3-4-10(17)16-15-9/h1-5H,13H2,(H,14,18)(H,16,17). The van der Waals surface area contributed by atoms with Crippen LogP contribution in [-0.2, 0) is 0 Å². The van der Waals surface area contributed by atoms with E-state index in [-0.39, 0.29) is 11.3 Å². The van der Waals surface area contributed by atoms with Crippen molar-refractivity contribution in [2.24, 2.45) is 0 Å². The Kier molecular flexibility index (Phi) is 3.42. The lowest BCUT2D eigenvalue weighted by Crippen LogP contribution is -2.17. The summed E-state index contributed by atoms with van der Waals surface area (Å²) < 4.78 is 0.690. The maximum atomic E-state index is 11.8. The predicted molar refractivity (Wildman–Crippen MR) is 71.4 cm³/mol. The SMILES string of the molecule is Nc1ccc(NC(=O)c2ccc(=O)[nH]n2)cc1Br. The predicted octanol–water partition coefficient (Wildman–Crippen LogP) is 1.37. The van der Waals surface area contributed by atoms with Crippen molar-refractivity contribution in [2.75, 3.05) is 11.1 Å². The average molecular weight is 309 g/mol. The number of nitrogens with two attached hydrogens (primary N) is 1. The summed E-state index contributed by atoms with van der Waals surface area (Å²) in [5.41, 5.74) is 6.56. The zero-order valence-corrected chi connectivity index (χ0v) is 10.7. The summed E-state index contributed by atoms with van der Waals surface area (Å²) in [5.74, 6) is -0.414. The molecule has 0 spiro atoms. The van der Waals surface area contributed by atoms with Crippen LogP contribution >= 0.6 is 15.9 Å². The summed E-state index contributed by atoms with van der Waals surface area (Å²) in [6, 6.07) is 7.60. The van der Waals surface area contributed by atoms with Crippen molar-refractivity contribution in [3.05, 3.63) is 50.9 Å². The summed E-state index contributed by atoms with van der Waals surface area (Å²) in [7, 11) is 0. The summed E-state index contributed by atoms with van der Waals surface area (Å²) >= 11 is 3.26. The minimum absolute atomic E-state index is 0.127. The number of nitrogens with one attached hydrogen (secondary N) is 2. The van der Waals surface area contributed by atoms with Crippen LogP contribution in [0.2, 0.25) is 0 Å². The van der Waals surface area contributed by atoms with E-state index in [0.29, 0.717) is 15.8 Å². The quantitative estimate of drug-likeness (QED) is 0.729. The highest BCUT2D eigenvalue weighted by Gasteiger charge is 2.08. The van der Waals surface area contributed by atoms with Crippen LogP contribution in [0.5, 0.6) is 0 Å². The average Bonchev–Trinajstić information content (AvgIpc) is 2.34. The lowest BCUT2D eigenvalue weighted by molar-refractivity contribution is 0.102. The number of amides is 1. The van der Waals surface area contributed by atoms with Gasteiger partial charge in [-0.3, -0.25) is 9.59 Å². The third-order valence-corrected chi connectivity index (χ3v) is 2.86. The van der Waals surface area contributed by atoms with Gasteiger partial charge in [-0.05, 0) is 40.2 Å². The molecule has 0 unspecified atom stereocenters. The molecule has 6 nitrogen and oxygen atoms in total. The summed E-state index contributed by atoms with van der Waals surface area (Å²) in [4.78, 5) is 22.6. The molecule has 0 saturated carbocycles. The molecule has 0 atom stereocenters. The Hall–Kier alpha value is -2.15. The number of carbonyl (C=O) groups excluding carboxylic acids is 1. The van der Waals surface area contributed by atoms with Gasteiger partial charge in [0.05, 0.1) is 0 Å². The lowest BCUT2D eigenvalue weighted by Gasteiger charge is -2.05. The van der Waals surface area contributed by atoms with E-state index in [9.17, 15) is 9.59 Å². The van der Waals surface area contributed by atoms with E-state index in [1.165, 1.54) is 12.1 Å². The molecule has 92 valence electrons. The van der Waals surface area contributed by atoms with Crippen LogP contribution in [0.3, 0.4) is 0 Å². The van der Waals surface area contributed by atoms with E-state index in [1.807, 2.05) is 0 Å². The number of anilines is 2. The molecule has 0 aliphatic heterocycles. The zero-order chi connectivity index (χ0) is 13.1. The molecule has 0 bridgehead atoms. The van der Waals surface area contributed by atoms with E-state index < -0.39 is 5.91 Å². The first-order valence-corrected chi connectivity index (χ1v) is 5.77. The van der Waals surface area contributed by atoms with E-state index >= 15 is 0 Å². The number of nitrogen functional groups attached to an aromatic ring is 1. The molecule has 0 saturated heterocycles. The highest BCUT2D eigenvalue weighted by Crippen LogP contribution is 2.23. The van der Waals surface area contributed by atoms with Gasteiger partial charge in [0.25, 0.3) is 11.5 Å². The summed E-state index contributed by atoms with van der Waals surface area (Å²) in [6.45, 7) is 0. The highest BCUT2D eigenvalue weighted by molar-refractivity contribution is 9.10. The molecule has 0 aliphatic rings. The number of aromatic amines is 1. The molecule has 2 aromatic rings.